The molecule has 3 N–H and O–H groups in total. The average Bonchev–Trinajstić information content (AvgIpc) is 3.00. The van der Waals surface area contributed by atoms with E-state index in [1.807, 2.05) is 6.07 Å². The topological polar surface area (TPSA) is 87.1 Å². The molecule has 1 atom stereocenters. The molecule has 2 aromatic heterocycles. The molecule has 0 saturated heterocycles. The highest BCUT2D eigenvalue weighted by Gasteiger charge is 2.19. The molecule has 0 spiro atoms. The second-order valence-electron chi connectivity index (χ2n) is 4.70. The van der Waals surface area contributed by atoms with Crippen molar-refractivity contribution in [2.75, 3.05) is 7.05 Å². The van der Waals surface area contributed by atoms with Gasteiger partial charge in [-0.15, -0.1) is 0 Å². The number of furan rings is 1. The number of hydrogen-bond donors (Lipinski definition) is 3. The van der Waals surface area contributed by atoms with Gasteiger partial charge in [-0.25, -0.2) is 13.1 Å². The Kier molecular flexibility index (Phi) is 4.64. The number of hydrogen-bond acceptors (Lipinski definition) is 4. The van der Waals surface area contributed by atoms with Crippen LogP contribution >= 0.6 is 0 Å². The van der Waals surface area contributed by atoms with Crippen molar-refractivity contribution in [3.05, 3.63) is 42.1 Å². The third-order valence-electron chi connectivity index (χ3n) is 2.84. The summed E-state index contributed by atoms with van der Waals surface area (Å²) in [5.74, 6) is 0.755. The summed E-state index contributed by atoms with van der Waals surface area (Å²) < 4.78 is 32.3. The Hall–Kier alpha value is -1.57. The Labute approximate surface area is 118 Å². The number of aromatic amines is 1. The highest BCUT2D eigenvalue weighted by atomic mass is 32.2. The van der Waals surface area contributed by atoms with Crippen molar-refractivity contribution >= 4 is 10.0 Å². The van der Waals surface area contributed by atoms with Gasteiger partial charge in [0, 0.05) is 30.9 Å². The van der Waals surface area contributed by atoms with E-state index >= 15 is 0 Å². The highest BCUT2D eigenvalue weighted by Crippen LogP contribution is 2.12. The molecule has 7 heteroatoms. The number of aromatic nitrogens is 1. The minimum Gasteiger partial charge on any atom is -0.469 e. The summed E-state index contributed by atoms with van der Waals surface area (Å²) in [5, 5.41) is 2.96. The summed E-state index contributed by atoms with van der Waals surface area (Å²) in [6.45, 7) is 2.40. The maximum atomic E-state index is 12.2. The largest absolute Gasteiger partial charge is 0.469 e. The minimum atomic E-state index is -3.51. The predicted molar refractivity (Wildman–Crippen MR) is 75.8 cm³/mol. The third-order valence-corrected chi connectivity index (χ3v) is 4.41. The standard InChI is InChI=1S/C13H19N3O3S/c1-10(6-12-4-3-5-19-12)16-20(17,18)13-7-11(8-14-2)15-9-13/h3-5,7,9-10,14-16H,6,8H2,1-2H3. The molecule has 0 fully saturated rings. The number of H-pyrrole nitrogens is 1. The quantitative estimate of drug-likeness (QED) is 0.717. The maximum absolute atomic E-state index is 12.2. The van der Waals surface area contributed by atoms with Gasteiger partial charge in [0.25, 0.3) is 0 Å². The van der Waals surface area contributed by atoms with Crippen LogP contribution in [-0.4, -0.2) is 26.5 Å². The lowest BCUT2D eigenvalue weighted by atomic mass is 10.2. The van der Waals surface area contributed by atoms with Crippen LogP contribution < -0.4 is 10.0 Å². The van der Waals surface area contributed by atoms with Crippen molar-refractivity contribution in [1.29, 1.82) is 0 Å². The molecule has 2 aromatic rings. The monoisotopic (exact) mass is 297 g/mol. The molecule has 0 aliphatic heterocycles. The minimum absolute atomic E-state index is 0.242. The van der Waals surface area contributed by atoms with E-state index in [1.54, 1.807) is 32.4 Å². The van der Waals surface area contributed by atoms with Gasteiger partial charge in [-0.3, -0.25) is 0 Å². The number of rotatable bonds is 7. The lowest BCUT2D eigenvalue weighted by Crippen LogP contribution is -2.33. The summed E-state index contributed by atoms with van der Waals surface area (Å²) in [4.78, 5) is 3.18. The van der Waals surface area contributed by atoms with Crippen LogP contribution in [0.5, 0.6) is 0 Å². The van der Waals surface area contributed by atoms with Gasteiger partial charge in [0.05, 0.1) is 11.2 Å². The smallest absolute Gasteiger partial charge is 0.242 e. The van der Waals surface area contributed by atoms with Crippen molar-refractivity contribution in [3.63, 3.8) is 0 Å². The SMILES string of the molecule is CNCc1cc(S(=O)(=O)NC(C)Cc2ccco2)c[nH]1. The molecule has 0 radical (unpaired) electrons. The Bertz CT molecular complexity index is 632. The zero-order valence-electron chi connectivity index (χ0n) is 11.5. The van der Waals surface area contributed by atoms with Crippen LogP contribution in [0.4, 0.5) is 0 Å². The van der Waals surface area contributed by atoms with E-state index in [4.69, 9.17) is 4.42 Å². The van der Waals surface area contributed by atoms with E-state index in [1.165, 1.54) is 6.20 Å². The van der Waals surface area contributed by atoms with Gasteiger partial charge in [0.1, 0.15) is 5.76 Å². The van der Waals surface area contributed by atoms with E-state index in [0.717, 1.165) is 11.5 Å². The highest BCUT2D eigenvalue weighted by molar-refractivity contribution is 7.89. The summed E-state index contributed by atoms with van der Waals surface area (Å²) in [6, 6.07) is 4.99. The van der Waals surface area contributed by atoms with E-state index in [0.29, 0.717) is 13.0 Å². The lowest BCUT2D eigenvalue weighted by molar-refractivity contribution is 0.479. The van der Waals surface area contributed by atoms with Crippen LogP contribution in [0.1, 0.15) is 18.4 Å². The fourth-order valence-electron chi connectivity index (χ4n) is 1.97. The first-order valence-electron chi connectivity index (χ1n) is 6.38. The first kappa shape index (κ1) is 14.8. The summed E-state index contributed by atoms with van der Waals surface area (Å²) in [6.07, 6.45) is 3.58. The number of nitrogens with one attached hydrogen (secondary N) is 3. The van der Waals surface area contributed by atoms with Crippen LogP contribution in [0.2, 0.25) is 0 Å². The second-order valence-corrected chi connectivity index (χ2v) is 6.41. The van der Waals surface area contributed by atoms with Crippen molar-refractivity contribution < 1.29 is 12.8 Å². The Morgan fingerprint density at radius 1 is 1.45 bits per heavy atom. The van der Waals surface area contributed by atoms with Gasteiger partial charge in [-0.05, 0) is 32.2 Å². The summed E-state index contributed by atoms with van der Waals surface area (Å²) >= 11 is 0. The fraction of sp³-hybridized carbons (Fsp3) is 0.385. The maximum Gasteiger partial charge on any atom is 0.242 e. The first-order chi connectivity index (χ1) is 9.51. The number of sulfonamides is 1. The third kappa shape index (κ3) is 3.72. The molecule has 0 aliphatic carbocycles. The van der Waals surface area contributed by atoms with Gasteiger partial charge >= 0.3 is 0 Å². The second kappa shape index (κ2) is 6.25. The zero-order valence-corrected chi connectivity index (χ0v) is 12.3. The lowest BCUT2D eigenvalue weighted by Gasteiger charge is -2.11. The summed E-state index contributed by atoms with van der Waals surface area (Å²) in [5.41, 5.74) is 0.826. The molecule has 1 unspecified atom stereocenters. The molecule has 2 rings (SSSR count). The molecule has 6 nitrogen and oxygen atoms in total. The molecule has 2 heterocycles. The Morgan fingerprint density at radius 3 is 2.90 bits per heavy atom. The predicted octanol–water partition coefficient (Wildman–Crippen LogP) is 1.24. The first-order valence-corrected chi connectivity index (χ1v) is 7.86. The zero-order chi connectivity index (χ0) is 14.6. The molecule has 110 valence electrons. The van der Waals surface area contributed by atoms with Gasteiger partial charge in [0.2, 0.25) is 10.0 Å². The molecule has 0 bridgehead atoms. The molecular formula is C13H19N3O3S. The summed E-state index contributed by atoms with van der Waals surface area (Å²) in [7, 11) is -1.71. The van der Waals surface area contributed by atoms with Gasteiger partial charge in [-0.2, -0.15) is 0 Å². The van der Waals surface area contributed by atoms with E-state index in [2.05, 4.69) is 15.0 Å². The van der Waals surface area contributed by atoms with E-state index in [9.17, 15) is 8.42 Å². The van der Waals surface area contributed by atoms with Crippen LogP contribution in [0.15, 0.2) is 40.0 Å². The van der Waals surface area contributed by atoms with Crippen LogP contribution in [0.25, 0.3) is 0 Å². The molecule has 0 saturated carbocycles. The molecular weight excluding hydrogens is 278 g/mol. The van der Waals surface area contributed by atoms with E-state index in [-0.39, 0.29) is 10.9 Å². The molecule has 0 aromatic carbocycles. The van der Waals surface area contributed by atoms with Gasteiger partial charge in [0.15, 0.2) is 0 Å². The molecule has 0 amide bonds. The van der Waals surface area contributed by atoms with Crippen molar-refractivity contribution in [1.82, 2.24) is 15.0 Å². The van der Waals surface area contributed by atoms with Crippen LogP contribution in [0.3, 0.4) is 0 Å². The van der Waals surface area contributed by atoms with Crippen molar-refractivity contribution in [2.45, 2.75) is 30.8 Å². The Balaban J connectivity index is 2.02. The van der Waals surface area contributed by atoms with Gasteiger partial charge < -0.3 is 14.7 Å². The van der Waals surface area contributed by atoms with Crippen molar-refractivity contribution in [2.24, 2.45) is 0 Å². The Morgan fingerprint density at radius 2 is 2.25 bits per heavy atom. The van der Waals surface area contributed by atoms with Crippen LogP contribution in [-0.2, 0) is 23.0 Å². The molecule has 0 aliphatic rings. The van der Waals surface area contributed by atoms with Gasteiger partial charge in [-0.1, -0.05) is 0 Å². The normalized spacial score (nSPS) is 13.5. The molecule has 20 heavy (non-hydrogen) atoms. The average molecular weight is 297 g/mol. The van der Waals surface area contributed by atoms with Crippen LogP contribution in [0, 0.1) is 0 Å². The van der Waals surface area contributed by atoms with Crippen molar-refractivity contribution in [3.8, 4) is 0 Å². The fourth-order valence-corrected chi connectivity index (χ4v) is 3.23. The van der Waals surface area contributed by atoms with E-state index < -0.39 is 10.0 Å².